The van der Waals surface area contributed by atoms with Gasteiger partial charge in [0.15, 0.2) is 5.78 Å². The number of allylic oxidation sites excluding steroid dienone is 1. The van der Waals surface area contributed by atoms with Gasteiger partial charge in [-0.2, -0.15) is 0 Å². The smallest absolute Gasteiger partial charge is 0.193 e. The second-order valence-electron chi connectivity index (χ2n) is 5.24. The number of rotatable bonds is 1. The Morgan fingerprint density at radius 3 is 2.40 bits per heavy atom. The van der Waals surface area contributed by atoms with E-state index in [1.165, 1.54) is 5.56 Å². The monoisotopic (exact) mass is 262 g/mol. The zero-order chi connectivity index (χ0) is 13.5. The van der Waals surface area contributed by atoms with Crippen LogP contribution in [-0.4, -0.2) is 5.78 Å². The van der Waals surface area contributed by atoms with Crippen molar-refractivity contribution in [2.75, 3.05) is 0 Å². The van der Waals surface area contributed by atoms with Crippen LogP contribution in [0.4, 0.5) is 0 Å². The van der Waals surface area contributed by atoms with Gasteiger partial charge in [-0.05, 0) is 18.4 Å². The van der Waals surface area contributed by atoms with E-state index in [0.29, 0.717) is 0 Å². The molecule has 98 valence electrons. The largest absolute Gasteiger partial charge is 0.485 e. The molecule has 2 heteroatoms. The molecule has 0 spiro atoms. The van der Waals surface area contributed by atoms with E-state index in [2.05, 4.69) is 12.1 Å². The average Bonchev–Trinajstić information content (AvgIpc) is 2.81. The van der Waals surface area contributed by atoms with Crippen LogP contribution in [0.15, 0.2) is 60.2 Å². The van der Waals surface area contributed by atoms with Crippen LogP contribution in [0.5, 0.6) is 0 Å². The topological polar surface area (TPSA) is 26.3 Å². The highest BCUT2D eigenvalue weighted by molar-refractivity contribution is 6.19. The minimum Gasteiger partial charge on any atom is -0.485 e. The molecule has 0 N–H and O–H groups in total. The minimum absolute atomic E-state index is 0.0499. The van der Waals surface area contributed by atoms with Crippen molar-refractivity contribution < 1.29 is 9.53 Å². The van der Waals surface area contributed by atoms with Crippen LogP contribution in [0.2, 0.25) is 0 Å². The number of Topliss-reactive ketones (excluding diaryl/α,β-unsaturated/α-hetero) is 1. The lowest BCUT2D eigenvalue weighted by atomic mass is 9.97. The van der Waals surface area contributed by atoms with Crippen LogP contribution < -0.4 is 0 Å². The van der Waals surface area contributed by atoms with Gasteiger partial charge in [-0.1, -0.05) is 54.6 Å². The number of hydrogen-bond acceptors (Lipinski definition) is 2. The molecular weight excluding hydrogens is 248 g/mol. The first-order valence-electron chi connectivity index (χ1n) is 6.93. The first-order chi connectivity index (χ1) is 9.84. The Morgan fingerprint density at radius 2 is 1.60 bits per heavy atom. The van der Waals surface area contributed by atoms with Gasteiger partial charge in [0.2, 0.25) is 0 Å². The lowest BCUT2D eigenvalue weighted by molar-refractivity contribution is 0.101. The number of hydrogen-bond donors (Lipinski definition) is 0. The predicted octanol–water partition coefficient (Wildman–Crippen LogP) is 4.15. The summed E-state index contributed by atoms with van der Waals surface area (Å²) in [6.45, 7) is 0. The third kappa shape index (κ3) is 1.61. The molecule has 0 saturated heterocycles. The van der Waals surface area contributed by atoms with Crippen molar-refractivity contribution in [1.82, 2.24) is 0 Å². The minimum atomic E-state index is 0.0499. The average molecular weight is 262 g/mol. The second-order valence-corrected chi connectivity index (χ2v) is 5.24. The van der Waals surface area contributed by atoms with E-state index in [1.807, 2.05) is 42.5 Å². The summed E-state index contributed by atoms with van der Waals surface area (Å²) in [4.78, 5) is 12.3. The highest BCUT2D eigenvalue weighted by Gasteiger charge is 2.35. The summed E-state index contributed by atoms with van der Waals surface area (Å²) in [5.74, 6) is 0.938. The van der Waals surface area contributed by atoms with Crippen LogP contribution in [0.25, 0.3) is 5.76 Å². The number of ketones is 1. The van der Waals surface area contributed by atoms with Crippen LogP contribution in [-0.2, 0) is 4.74 Å². The van der Waals surface area contributed by atoms with Gasteiger partial charge in [-0.15, -0.1) is 0 Å². The Hall–Kier alpha value is -2.35. The Bertz CT molecular complexity index is 713. The molecule has 0 aromatic heterocycles. The Kier molecular flexibility index (Phi) is 2.49. The summed E-state index contributed by atoms with van der Waals surface area (Å²) in [5, 5.41) is 0. The molecule has 1 aliphatic carbocycles. The molecule has 1 atom stereocenters. The number of benzene rings is 2. The van der Waals surface area contributed by atoms with Crippen molar-refractivity contribution in [2.24, 2.45) is 0 Å². The van der Waals surface area contributed by atoms with Gasteiger partial charge in [0.05, 0.1) is 0 Å². The van der Waals surface area contributed by atoms with Gasteiger partial charge in [0.1, 0.15) is 11.9 Å². The normalized spacial score (nSPS) is 20.4. The maximum Gasteiger partial charge on any atom is 0.193 e. The standard InChI is InChI=1S/C18H14O2/c19-17-13-8-4-5-9-14(13)18-15(17)10-11-16(20-18)12-6-2-1-3-7-12/h1-9,16H,10-11H2. The Labute approximate surface area is 117 Å². The fraction of sp³-hybridized carbons (Fsp3) is 0.167. The molecule has 0 radical (unpaired) electrons. The molecule has 4 rings (SSSR count). The van der Waals surface area contributed by atoms with Crippen LogP contribution in [0.1, 0.15) is 40.4 Å². The maximum atomic E-state index is 12.3. The molecule has 1 aliphatic heterocycles. The first-order valence-corrected chi connectivity index (χ1v) is 6.93. The van der Waals surface area contributed by atoms with Gasteiger partial charge < -0.3 is 4.74 Å². The van der Waals surface area contributed by atoms with Crippen LogP contribution in [0, 0.1) is 0 Å². The Balaban J connectivity index is 1.74. The highest BCUT2D eigenvalue weighted by atomic mass is 16.5. The predicted molar refractivity (Wildman–Crippen MR) is 77.2 cm³/mol. The molecule has 1 heterocycles. The number of ether oxygens (including phenoxy) is 1. The maximum absolute atomic E-state index is 12.3. The van der Waals surface area contributed by atoms with Crippen LogP contribution in [0.3, 0.4) is 0 Å². The first kappa shape index (κ1) is 11.5. The summed E-state index contributed by atoms with van der Waals surface area (Å²) in [5.41, 5.74) is 3.76. The van der Waals surface area contributed by atoms with Gasteiger partial charge in [-0.3, -0.25) is 4.79 Å². The fourth-order valence-electron chi connectivity index (χ4n) is 3.05. The van der Waals surface area contributed by atoms with Crippen molar-refractivity contribution in [2.45, 2.75) is 18.9 Å². The molecule has 1 unspecified atom stereocenters. The lowest BCUT2D eigenvalue weighted by Gasteiger charge is -2.25. The second kappa shape index (κ2) is 4.34. The third-order valence-corrected chi connectivity index (χ3v) is 4.05. The van der Waals surface area contributed by atoms with E-state index < -0.39 is 0 Å². The lowest BCUT2D eigenvalue weighted by Crippen LogP contribution is -2.11. The summed E-state index contributed by atoms with van der Waals surface area (Å²) in [7, 11) is 0. The number of carbonyl (C=O) groups is 1. The van der Waals surface area contributed by atoms with Gasteiger partial charge in [0, 0.05) is 16.7 Å². The molecule has 2 aromatic rings. The molecule has 0 bridgehead atoms. The van der Waals surface area contributed by atoms with Crippen molar-refractivity contribution in [3.8, 4) is 0 Å². The number of fused-ring (bicyclic) bond motifs is 2. The summed E-state index contributed by atoms with van der Waals surface area (Å²) in [6, 6.07) is 17.9. The molecule has 0 saturated carbocycles. The third-order valence-electron chi connectivity index (χ3n) is 4.05. The molecule has 2 aromatic carbocycles. The molecule has 2 aliphatic rings. The van der Waals surface area contributed by atoms with Crippen molar-refractivity contribution in [3.63, 3.8) is 0 Å². The van der Waals surface area contributed by atoms with Gasteiger partial charge in [0.25, 0.3) is 0 Å². The zero-order valence-electron chi connectivity index (χ0n) is 11.0. The van der Waals surface area contributed by atoms with Crippen molar-refractivity contribution in [1.29, 1.82) is 0 Å². The Morgan fingerprint density at radius 1 is 0.900 bits per heavy atom. The van der Waals surface area contributed by atoms with E-state index in [0.717, 1.165) is 35.3 Å². The van der Waals surface area contributed by atoms with Gasteiger partial charge >= 0.3 is 0 Å². The molecular formula is C18H14O2. The number of carbonyl (C=O) groups excluding carboxylic acids is 1. The molecule has 0 fully saturated rings. The van der Waals surface area contributed by atoms with Crippen molar-refractivity contribution >= 4 is 11.5 Å². The quantitative estimate of drug-likeness (QED) is 0.771. The van der Waals surface area contributed by atoms with Crippen LogP contribution >= 0.6 is 0 Å². The zero-order valence-corrected chi connectivity index (χ0v) is 11.0. The van der Waals surface area contributed by atoms with Crippen molar-refractivity contribution in [3.05, 3.63) is 76.9 Å². The van der Waals surface area contributed by atoms with E-state index in [4.69, 9.17) is 4.74 Å². The summed E-state index contributed by atoms with van der Waals surface area (Å²) in [6.07, 6.45) is 1.71. The summed E-state index contributed by atoms with van der Waals surface area (Å²) >= 11 is 0. The highest BCUT2D eigenvalue weighted by Crippen LogP contribution is 2.44. The van der Waals surface area contributed by atoms with Gasteiger partial charge in [-0.25, -0.2) is 0 Å². The molecule has 20 heavy (non-hydrogen) atoms. The fourth-order valence-corrected chi connectivity index (χ4v) is 3.05. The summed E-state index contributed by atoms with van der Waals surface area (Å²) < 4.78 is 6.15. The van der Waals surface area contributed by atoms with E-state index >= 15 is 0 Å². The molecule has 2 nitrogen and oxygen atoms in total. The van der Waals surface area contributed by atoms with E-state index in [-0.39, 0.29) is 11.9 Å². The van der Waals surface area contributed by atoms with E-state index in [9.17, 15) is 4.79 Å². The SMILES string of the molecule is O=C1C2=C(OC(c3ccccc3)CC2)c2ccccc21. The van der Waals surface area contributed by atoms with E-state index in [1.54, 1.807) is 0 Å². The molecule has 0 amide bonds.